The summed E-state index contributed by atoms with van der Waals surface area (Å²) >= 11 is 0. The summed E-state index contributed by atoms with van der Waals surface area (Å²) in [6.45, 7) is 3.17. The maximum Gasteiger partial charge on any atom is 0.253 e. The highest BCUT2D eigenvalue weighted by atomic mass is 16.1. The third-order valence-electron chi connectivity index (χ3n) is 4.58. The SMILES string of the molecule is CCC1(CNc2cc(N)ccc2C(=O)NC)CCCC1. The zero-order valence-electron chi connectivity index (χ0n) is 12.5. The topological polar surface area (TPSA) is 67.1 Å². The predicted octanol–water partition coefficient (Wildman–Crippen LogP) is 3.01. The van der Waals surface area contributed by atoms with E-state index < -0.39 is 0 Å². The molecular formula is C16H25N3O. The Hall–Kier alpha value is -1.71. The van der Waals surface area contributed by atoms with Gasteiger partial charge in [0.05, 0.1) is 5.56 Å². The van der Waals surface area contributed by atoms with Gasteiger partial charge in [0.2, 0.25) is 0 Å². The number of anilines is 2. The van der Waals surface area contributed by atoms with Crippen LogP contribution in [0.15, 0.2) is 18.2 Å². The number of nitrogen functional groups attached to an aromatic ring is 1. The van der Waals surface area contributed by atoms with Gasteiger partial charge >= 0.3 is 0 Å². The Morgan fingerprint density at radius 2 is 2.05 bits per heavy atom. The summed E-state index contributed by atoms with van der Waals surface area (Å²) in [6.07, 6.45) is 6.35. The first-order chi connectivity index (χ1) is 9.60. The van der Waals surface area contributed by atoms with Crippen LogP contribution in [0.3, 0.4) is 0 Å². The van der Waals surface area contributed by atoms with E-state index in [0.717, 1.165) is 12.2 Å². The summed E-state index contributed by atoms with van der Waals surface area (Å²) in [4.78, 5) is 11.9. The molecular weight excluding hydrogens is 250 g/mol. The lowest BCUT2D eigenvalue weighted by atomic mass is 9.83. The van der Waals surface area contributed by atoms with E-state index >= 15 is 0 Å². The normalized spacial score (nSPS) is 16.9. The molecule has 1 amide bonds. The third kappa shape index (κ3) is 3.06. The molecule has 110 valence electrons. The summed E-state index contributed by atoms with van der Waals surface area (Å²) in [5, 5.41) is 6.13. The molecule has 0 heterocycles. The summed E-state index contributed by atoms with van der Waals surface area (Å²) in [6, 6.07) is 5.40. The predicted molar refractivity (Wildman–Crippen MR) is 83.9 cm³/mol. The monoisotopic (exact) mass is 275 g/mol. The zero-order chi connectivity index (χ0) is 14.6. The maximum atomic E-state index is 11.9. The quantitative estimate of drug-likeness (QED) is 0.724. The molecule has 0 aliphatic heterocycles. The molecule has 0 aromatic heterocycles. The van der Waals surface area contributed by atoms with E-state index in [1.54, 1.807) is 19.2 Å². The van der Waals surface area contributed by atoms with Crippen LogP contribution in [0.4, 0.5) is 11.4 Å². The number of hydrogen-bond acceptors (Lipinski definition) is 3. The molecule has 20 heavy (non-hydrogen) atoms. The van der Waals surface area contributed by atoms with Gasteiger partial charge in [-0.25, -0.2) is 0 Å². The number of amides is 1. The van der Waals surface area contributed by atoms with Crippen LogP contribution in [0.2, 0.25) is 0 Å². The average Bonchev–Trinajstić information content (AvgIpc) is 2.94. The number of nitrogens with two attached hydrogens (primary N) is 1. The highest BCUT2D eigenvalue weighted by molar-refractivity contribution is 6.00. The van der Waals surface area contributed by atoms with Crippen LogP contribution in [0.1, 0.15) is 49.4 Å². The first-order valence-electron chi connectivity index (χ1n) is 7.46. The molecule has 2 rings (SSSR count). The van der Waals surface area contributed by atoms with Crippen molar-refractivity contribution in [2.24, 2.45) is 5.41 Å². The van der Waals surface area contributed by atoms with Crippen LogP contribution >= 0.6 is 0 Å². The van der Waals surface area contributed by atoms with Crippen molar-refractivity contribution in [3.8, 4) is 0 Å². The van der Waals surface area contributed by atoms with Gasteiger partial charge in [-0.2, -0.15) is 0 Å². The smallest absolute Gasteiger partial charge is 0.253 e. The maximum absolute atomic E-state index is 11.9. The molecule has 4 nitrogen and oxygen atoms in total. The second-order valence-electron chi connectivity index (χ2n) is 5.80. The standard InChI is InChI=1S/C16H25N3O/c1-3-16(8-4-5-9-16)11-19-14-10-12(17)6-7-13(14)15(20)18-2/h6-7,10,19H,3-5,8-9,11,17H2,1-2H3,(H,18,20). The van der Waals surface area contributed by atoms with Crippen molar-refractivity contribution in [2.45, 2.75) is 39.0 Å². The van der Waals surface area contributed by atoms with Gasteiger partial charge in [-0.3, -0.25) is 4.79 Å². The Bertz CT molecular complexity index is 479. The number of hydrogen-bond donors (Lipinski definition) is 3. The summed E-state index contributed by atoms with van der Waals surface area (Å²) in [5.74, 6) is -0.0792. The van der Waals surface area contributed by atoms with Crippen LogP contribution in [-0.4, -0.2) is 19.5 Å². The Balaban J connectivity index is 2.15. The largest absolute Gasteiger partial charge is 0.399 e. The van der Waals surface area contributed by atoms with Crippen LogP contribution in [0, 0.1) is 5.41 Å². The minimum absolute atomic E-state index is 0.0792. The van der Waals surface area contributed by atoms with E-state index in [4.69, 9.17) is 5.73 Å². The lowest BCUT2D eigenvalue weighted by molar-refractivity contribution is 0.0964. The van der Waals surface area contributed by atoms with Crippen molar-refractivity contribution in [1.29, 1.82) is 0 Å². The highest BCUT2D eigenvalue weighted by Gasteiger charge is 2.31. The fourth-order valence-corrected chi connectivity index (χ4v) is 3.10. The summed E-state index contributed by atoms with van der Waals surface area (Å²) in [5.41, 5.74) is 8.40. The van der Waals surface area contributed by atoms with E-state index in [2.05, 4.69) is 17.6 Å². The van der Waals surface area contributed by atoms with Crippen molar-refractivity contribution in [3.63, 3.8) is 0 Å². The molecule has 1 saturated carbocycles. The number of rotatable bonds is 5. The second-order valence-corrected chi connectivity index (χ2v) is 5.80. The van der Waals surface area contributed by atoms with Crippen LogP contribution in [0.25, 0.3) is 0 Å². The Morgan fingerprint density at radius 3 is 2.65 bits per heavy atom. The van der Waals surface area contributed by atoms with Gasteiger partial charge in [-0.15, -0.1) is 0 Å². The fourth-order valence-electron chi connectivity index (χ4n) is 3.10. The molecule has 0 unspecified atom stereocenters. The molecule has 1 fully saturated rings. The molecule has 0 saturated heterocycles. The van der Waals surface area contributed by atoms with E-state index in [0.29, 0.717) is 16.7 Å². The van der Waals surface area contributed by atoms with E-state index in [-0.39, 0.29) is 5.91 Å². The number of carbonyl (C=O) groups is 1. The Morgan fingerprint density at radius 1 is 1.35 bits per heavy atom. The van der Waals surface area contributed by atoms with Crippen LogP contribution < -0.4 is 16.4 Å². The van der Waals surface area contributed by atoms with Crippen LogP contribution in [0.5, 0.6) is 0 Å². The van der Waals surface area contributed by atoms with Crippen molar-refractivity contribution >= 4 is 17.3 Å². The van der Waals surface area contributed by atoms with Gasteiger partial charge in [0.15, 0.2) is 0 Å². The van der Waals surface area contributed by atoms with Gasteiger partial charge in [0.25, 0.3) is 5.91 Å². The summed E-state index contributed by atoms with van der Waals surface area (Å²) in [7, 11) is 1.65. The van der Waals surface area contributed by atoms with Gasteiger partial charge in [0.1, 0.15) is 0 Å². The van der Waals surface area contributed by atoms with Crippen molar-refractivity contribution in [2.75, 3.05) is 24.6 Å². The molecule has 0 spiro atoms. The third-order valence-corrected chi connectivity index (χ3v) is 4.58. The first kappa shape index (κ1) is 14.7. The average molecular weight is 275 g/mol. The van der Waals surface area contributed by atoms with Gasteiger partial charge in [-0.05, 0) is 42.9 Å². The van der Waals surface area contributed by atoms with Gasteiger partial charge in [-0.1, -0.05) is 19.8 Å². The molecule has 4 heteroatoms. The Kier molecular flexibility index (Phi) is 4.53. The van der Waals surface area contributed by atoms with Crippen molar-refractivity contribution < 1.29 is 4.79 Å². The molecule has 1 aliphatic rings. The molecule has 0 radical (unpaired) electrons. The lowest BCUT2D eigenvalue weighted by Crippen LogP contribution is -2.27. The fraction of sp³-hybridized carbons (Fsp3) is 0.562. The zero-order valence-corrected chi connectivity index (χ0v) is 12.5. The minimum atomic E-state index is -0.0792. The number of nitrogens with one attached hydrogen (secondary N) is 2. The molecule has 0 bridgehead atoms. The molecule has 4 N–H and O–H groups in total. The minimum Gasteiger partial charge on any atom is -0.399 e. The molecule has 1 aromatic rings. The van der Waals surface area contributed by atoms with Crippen molar-refractivity contribution in [1.82, 2.24) is 5.32 Å². The summed E-state index contributed by atoms with van der Waals surface area (Å²) < 4.78 is 0. The van der Waals surface area contributed by atoms with E-state index in [9.17, 15) is 4.79 Å². The first-order valence-corrected chi connectivity index (χ1v) is 7.46. The number of benzene rings is 1. The Labute approximate surface area is 121 Å². The number of carbonyl (C=O) groups excluding carboxylic acids is 1. The van der Waals surface area contributed by atoms with E-state index in [1.165, 1.54) is 32.1 Å². The second kappa shape index (κ2) is 6.16. The lowest BCUT2D eigenvalue weighted by Gasteiger charge is -2.28. The van der Waals surface area contributed by atoms with Gasteiger partial charge in [0, 0.05) is 25.0 Å². The molecule has 1 aromatic carbocycles. The highest BCUT2D eigenvalue weighted by Crippen LogP contribution is 2.41. The van der Waals surface area contributed by atoms with Gasteiger partial charge < -0.3 is 16.4 Å². The van der Waals surface area contributed by atoms with Crippen LogP contribution in [-0.2, 0) is 0 Å². The molecule has 0 atom stereocenters. The van der Waals surface area contributed by atoms with E-state index in [1.807, 2.05) is 6.07 Å². The van der Waals surface area contributed by atoms with Crippen molar-refractivity contribution in [3.05, 3.63) is 23.8 Å². The molecule has 1 aliphatic carbocycles.